The monoisotopic (exact) mass is 333 g/mol. The molecule has 2 aliphatic heterocycles. The molecule has 0 aromatic carbocycles. The van der Waals surface area contributed by atoms with Crippen LogP contribution in [-0.4, -0.2) is 66.3 Å². The second-order valence-electron chi connectivity index (χ2n) is 7.42. The zero-order valence-corrected chi connectivity index (χ0v) is 14.4. The van der Waals surface area contributed by atoms with E-state index in [-0.39, 0.29) is 5.91 Å². The Kier molecular flexibility index (Phi) is 4.59. The van der Waals surface area contributed by atoms with Gasteiger partial charge in [0.2, 0.25) is 0 Å². The number of rotatable bonds is 4. The van der Waals surface area contributed by atoms with Gasteiger partial charge in [-0.3, -0.25) is 4.79 Å². The van der Waals surface area contributed by atoms with Gasteiger partial charge in [0.15, 0.2) is 5.69 Å². The minimum Gasteiger partial charge on any atom is -0.381 e. The fraction of sp³-hybridized carbons (Fsp3) is 0.778. The Labute approximate surface area is 143 Å². The highest BCUT2D eigenvalue weighted by molar-refractivity contribution is 5.92. The van der Waals surface area contributed by atoms with E-state index in [4.69, 9.17) is 9.26 Å². The third-order valence-corrected chi connectivity index (χ3v) is 5.80. The lowest BCUT2D eigenvalue weighted by Crippen LogP contribution is -2.49. The first-order valence-electron chi connectivity index (χ1n) is 9.28. The van der Waals surface area contributed by atoms with Crippen LogP contribution in [0.2, 0.25) is 0 Å². The van der Waals surface area contributed by atoms with E-state index in [9.17, 15) is 4.79 Å². The molecule has 132 valence electrons. The molecule has 0 spiro atoms. The highest BCUT2D eigenvalue weighted by Gasteiger charge is 2.32. The highest BCUT2D eigenvalue weighted by atomic mass is 16.5. The molecule has 6 nitrogen and oxygen atoms in total. The molecule has 3 heterocycles. The van der Waals surface area contributed by atoms with Gasteiger partial charge in [0.05, 0.1) is 0 Å². The number of aromatic nitrogens is 1. The average molecular weight is 333 g/mol. The molecule has 1 aliphatic carbocycles. The third-order valence-electron chi connectivity index (χ3n) is 5.80. The zero-order valence-electron chi connectivity index (χ0n) is 14.4. The molecule has 0 radical (unpaired) electrons. The van der Waals surface area contributed by atoms with E-state index in [1.54, 1.807) is 0 Å². The lowest BCUT2D eigenvalue weighted by molar-refractivity contribution is 0.0158. The maximum absolute atomic E-state index is 12.7. The molecule has 2 saturated heterocycles. The molecular formula is C18H27N3O3. The standard InChI is InChI=1S/C18H27N3O3/c1-20(18(22)16-12-17(24-19-16)13-2-3-13)14-4-8-21(9-5-14)15-6-10-23-11-7-15/h12-15H,2-11H2,1H3. The Hall–Kier alpha value is -1.40. The first-order chi connectivity index (χ1) is 11.7. The SMILES string of the molecule is CN(C(=O)c1cc(C2CC2)on1)C1CCN(C2CCOCC2)CC1. The zero-order chi connectivity index (χ0) is 16.5. The minimum absolute atomic E-state index is 0.00448. The fourth-order valence-electron chi connectivity index (χ4n) is 3.99. The van der Waals surface area contributed by atoms with Crippen LogP contribution in [0.1, 0.15) is 60.7 Å². The van der Waals surface area contributed by atoms with Gasteiger partial charge in [-0.2, -0.15) is 0 Å². The summed E-state index contributed by atoms with van der Waals surface area (Å²) < 4.78 is 10.8. The Morgan fingerprint density at radius 1 is 1.17 bits per heavy atom. The van der Waals surface area contributed by atoms with Crippen molar-refractivity contribution in [3.05, 3.63) is 17.5 Å². The van der Waals surface area contributed by atoms with Crippen molar-refractivity contribution in [3.63, 3.8) is 0 Å². The molecule has 1 aromatic heterocycles. The number of ether oxygens (including phenoxy) is 1. The van der Waals surface area contributed by atoms with Crippen LogP contribution in [0.5, 0.6) is 0 Å². The molecule has 0 N–H and O–H groups in total. The van der Waals surface area contributed by atoms with Crippen molar-refractivity contribution < 1.29 is 14.1 Å². The summed E-state index contributed by atoms with van der Waals surface area (Å²) in [6.45, 7) is 3.91. The molecule has 3 aliphatic rings. The van der Waals surface area contributed by atoms with Crippen LogP contribution in [0, 0.1) is 0 Å². The van der Waals surface area contributed by atoms with Gasteiger partial charge in [-0.05, 0) is 38.5 Å². The Balaban J connectivity index is 1.31. The number of nitrogens with zero attached hydrogens (tertiary/aromatic N) is 3. The van der Waals surface area contributed by atoms with Crippen molar-refractivity contribution in [1.29, 1.82) is 0 Å². The summed E-state index contributed by atoms with van der Waals surface area (Å²) in [4.78, 5) is 17.1. The van der Waals surface area contributed by atoms with Gasteiger partial charge in [-0.25, -0.2) is 0 Å². The summed E-state index contributed by atoms with van der Waals surface area (Å²) in [5, 5.41) is 3.99. The topological polar surface area (TPSA) is 58.8 Å². The molecule has 6 heteroatoms. The minimum atomic E-state index is -0.00448. The number of carbonyl (C=O) groups excluding carboxylic acids is 1. The van der Waals surface area contributed by atoms with Gasteiger partial charge in [0.25, 0.3) is 5.91 Å². The van der Waals surface area contributed by atoms with E-state index in [0.717, 1.165) is 70.6 Å². The molecule has 3 fully saturated rings. The summed E-state index contributed by atoms with van der Waals surface area (Å²) in [6.07, 6.45) is 6.66. The average Bonchev–Trinajstić information content (AvgIpc) is 3.38. The van der Waals surface area contributed by atoms with E-state index in [1.165, 1.54) is 0 Å². The van der Waals surface area contributed by atoms with Crippen molar-refractivity contribution in [2.75, 3.05) is 33.4 Å². The molecule has 1 amide bonds. The summed E-state index contributed by atoms with van der Waals surface area (Å²) >= 11 is 0. The maximum atomic E-state index is 12.7. The molecule has 1 aromatic rings. The summed E-state index contributed by atoms with van der Waals surface area (Å²) in [7, 11) is 1.91. The van der Waals surface area contributed by atoms with Gasteiger partial charge in [0.1, 0.15) is 5.76 Å². The number of hydrogen-bond acceptors (Lipinski definition) is 5. The summed E-state index contributed by atoms with van der Waals surface area (Å²) in [6, 6.07) is 2.81. The molecule has 0 bridgehead atoms. The lowest BCUT2D eigenvalue weighted by Gasteiger charge is -2.41. The van der Waals surface area contributed by atoms with Crippen LogP contribution >= 0.6 is 0 Å². The normalized spacial score (nSPS) is 24.2. The Morgan fingerprint density at radius 2 is 1.88 bits per heavy atom. The van der Waals surface area contributed by atoms with Gasteiger partial charge >= 0.3 is 0 Å². The molecule has 4 rings (SSSR count). The van der Waals surface area contributed by atoms with Crippen LogP contribution < -0.4 is 0 Å². The number of carbonyl (C=O) groups is 1. The van der Waals surface area contributed by atoms with E-state index in [0.29, 0.717) is 23.7 Å². The molecule has 1 saturated carbocycles. The molecule has 0 atom stereocenters. The van der Waals surface area contributed by atoms with Gasteiger partial charge in [-0.1, -0.05) is 5.16 Å². The van der Waals surface area contributed by atoms with Crippen LogP contribution in [-0.2, 0) is 4.74 Å². The number of amides is 1. The van der Waals surface area contributed by atoms with Crippen molar-refractivity contribution in [2.24, 2.45) is 0 Å². The lowest BCUT2D eigenvalue weighted by atomic mass is 9.98. The van der Waals surface area contributed by atoms with Crippen molar-refractivity contribution in [1.82, 2.24) is 15.0 Å². The Morgan fingerprint density at radius 3 is 2.54 bits per heavy atom. The van der Waals surface area contributed by atoms with Crippen LogP contribution in [0.4, 0.5) is 0 Å². The van der Waals surface area contributed by atoms with Gasteiger partial charge in [-0.15, -0.1) is 0 Å². The van der Waals surface area contributed by atoms with E-state index >= 15 is 0 Å². The quantitative estimate of drug-likeness (QED) is 0.846. The number of piperidine rings is 1. The van der Waals surface area contributed by atoms with Crippen LogP contribution in [0.3, 0.4) is 0 Å². The smallest absolute Gasteiger partial charge is 0.276 e. The van der Waals surface area contributed by atoms with E-state index in [2.05, 4.69) is 10.1 Å². The third kappa shape index (κ3) is 3.35. The predicted molar refractivity (Wildman–Crippen MR) is 89.0 cm³/mol. The molecule has 24 heavy (non-hydrogen) atoms. The summed E-state index contributed by atoms with van der Waals surface area (Å²) in [5.74, 6) is 1.36. The maximum Gasteiger partial charge on any atom is 0.276 e. The second kappa shape index (κ2) is 6.84. The molecular weight excluding hydrogens is 306 g/mol. The van der Waals surface area contributed by atoms with Gasteiger partial charge in [0, 0.05) is 57.4 Å². The second-order valence-corrected chi connectivity index (χ2v) is 7.42. The van der Waals surface area contributed by atoms with Crippen molar-refractivity contribution in [3.8, 4) is 0 Å². The van der Waals surface area contributed by atoms with Gasteiger partial charge < -0.3 is 19.1 Å². The van der Waals surface area contributed by atoms with Crippen LogP contribution in [0.15, 0.2) is 10.6 Å². The number of likely N-dealkylation sites (tertiary alicyclic amines) is 1. The van der Waals surface area contributed by atoms with Crippen molar-refractivity contribution >= 4 is 5.91 Å². The van der Waals surface area contributed by atoms with E-state index < -0.39 is 0 Å². The first-order valence-corrected chi connectivity index (χ1v) is 9.28. The summed E-state index contributed by atoms with van der Waals surface area (Å²) in [5.41, 5.74) is 0.464. The fourth-order valence-corrected chi connectivity index (χ4v) is 3.99. The van der Waals surface area contributed by atoms with E-state index in [1.807, 2.05) is 18.0 Å². The van der Waals surface area contributed by atoms with Crippen LogP contribution in [0.25, 0.3) is 0 Å². The Bertz CT molecular complexity index is 570. The van der Waals surface area contributed by atoms with Crippen molar-refractivity contribution in [2.45, 2.75) is 56.5 Å². The largest absolute Gasteiger partial charge is 0.381 e. The first kappa shape index (κ1) is 16.1. The highest BCUT2D eigenvalue weighted by Crippen LogP contribution is 2.40. The molecule has 0 unspecified atom stereocenters. The predicted octanol–water partition coefficient (Wildman–Crippen LogP) is 2.27. The number of hydrogen-bond donors (Lipinski definition) is 0.